The second-order valence-electron chi connectivity index (χ2n) is 13.1. The summed E-state index contributed by atoms with van der Waals surface area (Å²) in [7, 11) is 0. The fraction of sp³-hybridized carbons (Fsp3) is 0.645. The van der Waals surface area contributed by atoms with Gasteiger partial charge in [-0.05, 0) is 97.6 Å². The maximum absolute atomic E-state index is 12.0. The number of hydrogen-bond donors (Lipinski definition) is 1. The number of amides is 1. The molecule has 6 aliphatic rings. The van der Waals surface area contributed by atoms with Crippen molar-refractivity contribution in [3.63, 3.8) is 0 Å². The molecule has 5 nitrogen and oxygen atoms in total. The van der Waals surface area contributed by atoms with Gasteiger partial charge in [0.2, 0.25) is 0 Å². The summed E-state index contributed by atoms with van der Waals surface area (Å²) in [5.74, 6) is 2.98. The lowest BCUT2D eigenvalue weighted by Gasteiger charge is -2.58. The van der Waals surface area contributed by atoms with E-state index < -0.39 is 0 Å². The molecule has 0 saturated heterocycles. The van der Waals surface area contributed by atoms with E-state index in [1.165, 1.54) is 49.6 Å². The number of allylic oxidation sites excluding steroid dienone is 1. The molecule has 1 aromatic carbocycles. The molecule has 38 heavy (non-hydrogen) atoms. The van der Waals surface area contributed by atoms with Gasteiger partial charge in [0, 0.05) is 23.1 Å². The van der Waals surface area contributed by atoms with E-state index in [0.29, 0.717) is 17.6 Å². The number of amidine groups is 1. The topological polar surface area (TPSA) is 65.3 Å². The highest BCUT2D eigenvalue weighted by Gasteiger charge is 2.60. The van der Waals surface area contributed by atoms with Crippen molar-refractivity contribution in [1.82, 2.24) is 5.01 Å². The zero-order valence-electron chi connectivity index (χ0n) is 22.4. The summed E-state index contributed by atoms with van der Waals surface area (Å²) in [4.78, 5) is 16.4. The summed E-state index contributed by atoms with van der Waals surface area (Å²) < 4.78 is 0. The van der Waals surface area contributed by atoms with Crippen LogP contribution in [0.3, 0.4) is 0 Å². The highest BCUT2D eigenvalue weighted by molar-refractivity contribution is 8.14. The van der Waals surface area contributed by atoms with Gasteiger partial charge in [0.05, 0.1) is 17.9 Å². The summed E-state index contributed by atoms with van der Waals surface area (Å²) in [6.45, 7) is 5.06. The molecule has 1 aromatic rings. The second-order valence-corrected chi connectivity index (χ2v) is 14.5. The molecular formula is C31H38ClN3O2S. The van der Waals surface area contributed by atoms with Gasteiger partial charge in [-0.2, -0.15) is 10.1 Å². The van der Waals surface area contributed by atoms with Crippen molar-refractivity contribution in [1.29, 1.82) is 0 Å². The first-order chi connectivity index (χ1) is 18.3. The van der Waals surface area contributed by atoms with Crippen LogP contribution in [0.15, 0.2) is 46.0 Å². The Morgan fingerprint density at radius 2 is 1.97 bits per heavy atom. The zero-order valence-corrected chi connectivity index (χ0v) is 24.0. The van der Waals surface area contributed by atoms with Crippen LogP contribution in [0.4, 0.5) is 0 Å². The van der Waals surface area contributed by atoms with Crippen molar-refractivity contribution < 1.29 is 9.90 Å². The minimum absolute atomic E-state index is 0.0348. The molecule has 0 bridgehead atoms. The van der Waals surface area contributed by atoms with Gasteiger partial charge in [-0.1, -0.05) is 61.0 Å². The van der Waals surface area contributed by atoms with Crippen LogP contribution in [0, 0.1) is 34.5 Å². The Labute approximate surface area is 235 Å². The number of aliphatic imine (C=N–C) groups is 1. The third-order valence-corrected chi connectivity index (χ3v) is 12.6. The molecule has 0 aromatic heterocycles. The highest BCUT2D eigenvalue weighted by atomic mass is 35.5. The van der Waals surface area contributed by atoms with Crippen LogP contribution in [-0.2, 0) is 4.79 Å². The number of thioether (sulfide) groups is 1. The Bertz CT molecular complexity index is 1260. The molecule has 1 N–H and O–H groups in total. The molecule has 8 atom stereocenters. The normalized spacial score (nSPS) is 42.3. The number of carbonyl (C=O) groups is 1. The summed E-state index contributed by atoms with van der Waals surface area (Å²) in [5.41, 5.74) is 4.50. The first kappa shape index (κ1) is 25.3. The van der Waals surface area contributed by atoms with Gasteiger partial charge in [0.25, 0.3) is 5.91 Å². The summed E-state index contributed by atoms with van der Waals surface area (Å²) in [5, 5.41) is 19.1. The lowest BCUT2D eigenvalue weighted by atomic mass is 9.47. The molecular weight excluding hydrogens is 514 g/mol. The number of hydrogen-bond acceptors (Lipinski definition) is 5. The van der Waals surface area contributed by atoms with Gasteiger partial charge in [0.1, 0.15) is 0 Å². The maximum Gasteiger partial charge on any atom is 0.258 e. The van der Waals surface area contributed by atoms with Crippen LogP contribution < -0.4 is 0 Å². The number of halogens is 1. The van der Waals surface area contributed by atoms with Gasteiger partial charge < -0.3 is 5.11 Å². The molecule has 0 spiro atoms. The van der Waals surface area contributed by atoms with Crippen molar-refractivity contribution in [2.75, 3.05) is 5.75 Å². The van der Waals surface area contributed by atoms with Gasteiger partial charge in [0.15, 0.2) is 5.17 Å². The summed E-state index contributed by atoms with van der Waals surface area (Å²) >= 11 is 7.90. The molecule has 3 saturated carbocycles. The maximum atomic E-state index is 12.0. The molecule has 1 unspecified atom stereocenters. The van der Waals surface area contributed by atoms with E-state index in [0.717, 1.165) is 53.3 Å². The molecule has 3 fully saturated rings. The lowest BCUT2D eigenvalue weighted by Crippen LogP contribution is -2.51. The molecule has 2 heterocycles. The van der Waals surface area contributed by atoms with Crippen LogP contribution in [-0.4, -0.2) is 38.8 Å². The Morgan fingerprint density at radius 3 is 2.76 bits per heavy atom. The van der Waals surface area contributed by atoms with E-state index in [-0.39, 0.29) is 28.9 Å². The van der Waals surface area contributed by atoms with Crippen LogP contribution in [0.1, 0.15) is 83.2 Å². The third-order valence-electron chi connectivity index (χ3n) is 11.4. The minimum Gasteiger partial charge on any atom is -0.393 e. The fourth-order valence-electron chi connectivity index (χ4n) is 9.50. The number of fused-ring (bicyclic) bond motifs is 5. The Morgan fingerprint density at radius 1 is 1.11 bits per heavy atom. The van der Waals surface area contributed by atoms with E-state index >= 15 is 0 Å². The third kappa shape index (κ3) is 3.88. The molecule has 4 aliphatic carbocycles. The molecule has 2 aliphatic heterocycles. The van der Waals surface area contributed by atoms with Crippen molar-refractivity contribution >= 4 is 40.1 Å². The Balaban J connectivity index is 1.19. The van der Waals surface area contributed by atoms with E-state index in [1.54, 1.807) is 5.57 Å². The standard InChI is InChI=1S/C31H38ClN3O2S/c1-30-12-10-21(36)15-19(30)6-7-22-23-8-9-25(31(23,2)13-11-24(22)30)26-16-27(18-4-3-5-20(32)14-18)35(34-26)29-33-28(37)17-38-29/h3-6,14,21-25,27,36H,7-13,15-17H2,1-2H3/t21-,22-,23-,24-,25+,27?,30-,31-/m0/s1. The van der Waals surface area contributed by atoms with Crippen molar-refractivity contribution in [3.05, 3.63) is 46.5 Å². The Kier molecular flexibility index (Phi) is 6.14. The number of carbonyl (C=O) groups excluding carboxylic acids is 1. The number of aliphatic hydroxyl groups excluding tert-OH is 1. The minimum atomic E-state index is -0.149. The predicted molar refractivity (Wildman–Crippen MR) is 154 cm³/mol. The number of nitrogens with zero attached hydrogens (tertiary/aromatic N) is 3. The summed E-state index contributed by atoms with van der Waals surface area (Å²) in [6, 6.07) is 8.12. The number of benzene rings is 1. The van der Waals surface area contributed by atoms with Gasteiger partial charge in [-0.15, -0.1) is 0 Å². The van der Waals surface area contributed by atoms with Gasteiger partial charge in [-0.3, -0.25) is 4.79 Å². The van der Waals surface area contributed by atoms with Crippen molar-refractivity contribution in [2.24, 2.45) is 44.6 Å². The average Bonchev–Trinajstić information content (AvgIpc) is 3.60. The van der Waals surface area contributed by atoms with Gasteiger partial charge >= 0.3 is 0 Å². The second kappa shape index (κ2) is 9.21. The van der Waals surface area contributed by atoms with Crippen molar-refractivity contribution in [2.45, 2.75) is 83.8 Å². The van der Waals surface area contributed by atoms with E-state index in [1.807, 2.05) is 23.2 Å². The zero-order chi connectivity index (χ0) is 26.2. The Hall–Kier alpha value is -1.63. The van der Waals surface area contributed by atoms with Crippen molar-refractivity contribution in [3.8, 4) is 0 Å². The molecule has 1 amide bonds. The van der Waals surface area contributed by atoms with Crippen LogP contribution >= 0.6 is 23.4 Å². The molecule has 202 valence electrons. The quantitative estimate of drug-likeness (QED) is 0.401. The highest BCUT2D eigenvalue weighted by Crippen LogP contribution is 2.67. The monoisotopic (exact) mass is 551 g/mol. The smallest absolute Gasteiger partial charge is 0.258 e. The SMILES string of the molecule is C[C@]12CC[C@H]3[C@@H](CC=C4C[C@@H](O)CC[C@@]43C)[C@@H]1CC[C@@H]2C1=NN(C2=NC(=O)CS2)C(c2cccc(Cl)c2)C1. The molecule has 0 radical (unpaired) electrons. The fourth-order valence-corrected chi connectivity index (χ4v) is 10.5. The first-order valence-electron chi connectivity index (χ1n) is 14.5. The van der Waals surface area contributed by atoms with E-state index in [2.05, 4.69) is 31.0 Å². The van der Waals surface area contributed by atoms with E-state index in [9.17, 15) is 9.90 Å². The lowest BCUT2D eigenvalue weighted by molar-refractivity contribution is -0.115. The van der Waals surface area contributed by atoms with Crippen LogP contribution in [0.25, 0.3) is 0 Å². The molecule has 7 rings (SSSR count). The van der Waals surface area contributed by atoms with E-state index in [4.69, 9.17) is 16.7 Å². The number of rotatable bonds is 2. The van der Waals surface area contributed by atoms with Crippen LogP contribution in [0.2, 0.25) is 5.02 Å². The summed E-state index contributed by atoms with van der Waals surface area (Å²) in [6.07, 6.45) is 12.4. The number of hydrazone groups is 1. The number of aliphatic hydroxyl groups is 1. The first-order valence-corrected chi connectivity index (χ1v) is 15.9. The largest absolute Gasteiger partial charge is 0.393 e. The predicted octanol–water partition coefficient (Wildman–Crippen LogP) is 7.01. The van der Waals surface area contributed by atoms with Crippen LogP contribution in [0.5, 0.6) is 0 Å². The average molecular weight is 552 g/mol. The molecule has 7 heteroatoms. The van der Waals surface area contributed by atoms with Gasteiger partial charge in [-0.25, -0.2) is 5.01 Å².